The van der Waals surface area contributed by atoms with Gasteiger partial charge in [0.05, 0.1) is 5.56 Å². The molecule has 7 nitrogen and oxygen atoms in total. The molecule has 0 aliphatic carbocycles. The van der Waals surface area contributed by atoms with Gasteiger partial charge in [0.25, 0.3) is 0 Å². The Morgan fingerprint density at radius 1 is 1.28 bits per heavy atom. The summed E-state index contributed by atoms with van der Waals surface area (Å²) in [6.07, 6.45) is 2.72. The summed E-state index contributed by atoms with van der Waals surface area (Å²) < 4.78 is 21.0. The van der Waals surface area contributed by atoms with Crippen LogP contribution < -0.4 is 10.1 Å². The number of carbonyl (C=O) groups excluding carboxylic acids is 1. The molecular formula is C17H12FN5O2. The molecule has 0 radical (unpaired) electrons. The number of ether oxygens (including phenoxy) is 1. The predicted octanol–water partition coefficient (Wildman–Crippen LogP) is 2.72. The molecule has 0 aliphatic rings. The molecule has 0 unspecified atom stereocenters. The SMILES string of the molecule is N#Cc1ccccc1Oc1ccc(NC(=O)Cn2cncn2)cc1F. The molecule has 124 valence electrons. The van der Waals surface area contributed by atoms with Gasteiger partial charge < -0.3 is 10.1 Å². The van der Waals surface area contributed by atoms with Gasteiger partial charge in [-0.2, -0.15) is 10.4 Å². The lowest BCUT2D eigenvalue weighted by molar-refractivity contribution is -0.116. The Hall–Kier alpha value is -3.73. The molecule has 0 spiro atoms. The summed E-state index contributed by atoms with van der Waals surface area (Å²) in [6.45, 7) is -0.0323. The Kier molecular flexibility index (Phi) is 4.67. The van der Waals surface area contributed by atoms with Crippen molar-refractivity contribution >= 4 is 11.6 Å². The van der Waals surface area contributed by atoms with Gasteiger partial charge in [0.1, 0.15) is 31.0 Å². The fourth-order valence-corrected chi connectivity index (χ4v) is 2.09. The minimum Gasteiger partial charge on any atom is -0.453 e. The molecule has 1 amide bonds. The second kappa shape index (κ2) is 7.23. The predicted molar refractivity (Wildman–Crippen MR) is 86.3 cm³/mol. The van der Waals surface area contributed by atoms with Gasteiger partial charge in [-0.15, -0.1) is 0 Å². The van der Waals surface area contributed by atoms with Gasteiger partial charge in [0.2, 0.25) is 5.91 Å². The maximum absolute atomic E-state index is 14.2. The molecule has 0 saturated carbocycles. The van der Waals surface area contributed by atoms with E-state index in [9.17, 15) is 9.18 Å². The number of nitriles is 1. The second-order valence-corrected chi connectivity index (χ2v) is 5.00. The average Bonchev–Trinajstić information content (AvgIpc) is 3.10. The summed E-state index contributed by atoms with van der Waals surface area (Å²) in [7, 11) is 0. The third-order valence-electron chi connectivity index (χ3n) is 3.22. The van der Waals surface area contributed by atoms with E-state index in [0.29, 0.717) is 5.56 Å². The molecular weight excluding hydrogens is 325 g/mol. The van der Waals surface area contributed by atoms with E-state index < -0.39 is 5.82 Å². The first-order valence-electron chi connectivity index (χ1n) is 7.24. The fourth-order valence-electron chi connectivity index (χ4n) is 2.09. The van der Waals surface area contributed by atoms with Crippen molar-refractivity contribution in [2.75, 3.05) is 5.32 Å². The Labute approximate surface area is 142 Å². The van der Waals surface area contributed by atoms with Crippen LogP contribution in [0.2, 0.25) is 0 Å². The van der Waals surface area contributed by atoms with E-state index in [4.69, 9.17) is 10.00 Å². The smallest absolute Gasteiger partial charge is 0.246 e. The summed E-state index contributed by atoms with van der Waals surface area (Å²) in [5, 5.41) is 15.4. The van der Waals surface area contributed by atoms with Gasteiger partial charge >= 0.3 is 0 Å². The normalized spacial score (nSPS) is 10.1. The van der Waals surface area contributed by atoms with Gasteiger partial charge in [0, 0.05) is 11.8 Å². The molecule has 2 aromatic carbocycles. The quantitative estimate of drug-likeness (QED) is 0.773. The standard InChI is InChI=1S/C17H12FN5O2/c18-14-7-13(22-17(24)9-23-11-20-10-21-23)5-6-16(14)25-15-4-2-1-3-12(15)8-19/h1-7,10-11H,9H2,(H,22,24). The van der Waals surface area contributed by atoms with Crippen molar-refractivity contribution in [2.45, 2.75) is 6.54 Å². The van der Waals surface area contributed by atoms with E-state index in [2.05, 4.69) is 15.4 Å². The van der Waals surface area contributed by atoms with Gasteiger partial charge in [0.15, 0.2) is 11.6 Å². The highest BCUT2D eigenvalue weighted by Crippen LogP contribution is 2.28. The number of anilines is 1. The zero-order chi connectivity index (χ0) is 17.6. The lowest BCUT2D eigenvalue weighted by Gasteiger charge is -2.10. The molecule has 0 bridgehead atoms. The van der Waals surface area contributed by atoms with Crippen LogP contribution >= 0.6 is 0 Å². The van der Waals surface area contributed by atoms with Crippen molar-refractivity contribution in [1.29, 1.82) is 5.26 Å². The first-order chi connectivity index (χ1) is 12.2. The van der Waals surface area contributed by atoms with Gasteiger partial charge in [-0.05, 0) is 24.3 Å². The zero-order valence-electron chi connectivity index (χ0n) is 12.9. The molecule has 0 atom stereocenters. The Morgan fingerprint density at radius 2 is 2.12 bits per heavy atom. The average molecular weight is 337 g/mol. The zero-order valence-corrected chi connectivity index (χ0v) is 12.9. The molecule has 1 heterocycles. The van der Waals surface area contributed by atoms with Gasteiger partial charge in [-0.25, -0.2) is 14.1 Å². The molecule has 3 aromatic rings. The van der Waals surface area contributed by atoms with Crippen LogP contribution in [0.3, 0.4) is 0 Å². The number of para-hydroxylation sites is 1. The third-order valence-corrected chi connectivity index (χ3v) is 3.22. The summed E-state index contributed by atoms with van der Waals surface area (Å²) in [5.74, 6) is -0.816. The molecule has 1 N–H and O–H groups in total. The number of hydrogen-bond acceptors (Lipinski definition) is 5. The van der Waals surface area contributed by atoms with E-state index in [0.717, 1.165) is 6.07 Å². The maximum atomic E-state index is 14.2. The van der Waals surface area contributed by atoms with Crippen molar-refractivity contribution in [2.24, 2.45) is 0 Å². The number of benzene rings is 2. The maximum Gasteiger partial charge on any atom is 0.246 e. The molecule has 0 saturated heterocycles. The number of hydrogen-bond donors (Lipinski definition) is 1. The van der Waals surface area contributed by atoms with Crippen molar-refractivity contribution in [3.05, 3.63) is 66.5 Å². The Morgan fingerprint density at radius 3 is 2.84 bits per heavy atom. The van der Waals surface area contributed by atoms with Crippen LogP contribution in [-0.4, -0.2) is 20.7 Å². The number of nitrogens with one attached hydrogen (secondary N) is 1. The summed E-state index contributed by atoms with van der Waals surface area (Å²) in [5.41, 5.74) is 0.579. The van der Waals surface area contributed by atoms with Crippen LogP contribution in [0, 0.1) is 17.1 Å². The second-order valence-electron chi connectivity index (χ2n) is 5.00. The monoisotopic (exact) mass is 337 g/mol. The highest BCUT2D eigenvalue weighted by Gasteiger charge is 2.11. The number of amides is 1. The van der Waals surface area contributed by atoms with Crippen molar-refractivity contribution in [1.82, 2.24) is 14.8 Å². The summed E-state index contributed by atoms with van der Waals surface area (Å²) >= 11 is 0. The van der Waals surface area contributed by atoms with E-state index in [1.165, 1.54) is 29.5 Å². The van der Waals surface area contributed by atoms with Crippen molar-refractivity contribution in [3.63, 3.8) is 0 Å². The van der Waals surface area contributed by atoms with E-state index in [1.807, 2.05) is 6.07 Å². The van der Waals surface area contributed by atoms with Crippen LogP contribution in [0.1, 0.15) is 5.56 Å². The van der Waals surface area contributed by atoms with Crippen LogP contribution in [0.5, 0.6) is 11.5 Å². The molecule has 8 heteroatoms. The number of aromatic nitrogens is 3. The molecule has 25 heavy (non-hydrogen) atoms. The highest BCUT2D eigenvalue weighted by molar-refractivity contribution is 5.90. The Balaban J connectivity index is 1.70. The molecule has 3 rings (SSSR count). The number of carbonyl (C=O) groups is 1. The van der Waals surface area contributed by atoms with Gasteiger partial charge in [-0.3, -0.25) is 4.79 Å². The number of rotatable bonds is 5. The largest absolute Gasteiger partial charge is 0.453 e. The summed E-state index contributed by atoms with van der Waals surface area (Å²) in [4.78, 5) is 15.6. The Bertz CT molecular complexity index is 934. The minimum absolute atomic E-state index is 0.0323. The molecule has 1 aromatic heterocycles. The molecule has 0 fully saturated rings. The van der Waals surface area contributed by atoms with Crippen LogP contribution in [0.25, 0.3) is 0 Å². The van der Waals surface area contributed by atoms with Crippen LogP contribution in [-0.2, 0) is 11.3 Å². The van der Waals surface area contributed by atoms with E-state index in [1.54, 1.807) is 24.3 Å². The fraction of sp³-hybridized carbons (Fsp3) is 0.0588. The van der Waals surface area contributed by atoms with E-state index in [-0.39, 0.29) is 29.6 Å². The third kappa shape index (κ3) is 3.97. The molecule has 0 aliphatic heterocycles. The topological polar surface area (TPSA) is 92.8 Å². The van der Waals surface area contributed by atoms with Crippen LogP contribution in [0.15, 0.2) is 55.1 Å². The number of halogens is 1. The lowest BCUT2D eigenvalue weighted by atomic mass is 10.2. The van der Waals surface area contributed by atoms with Gasteiger partial charge in [-0.1, -0.05) is 12.1 Å². The highest BCUT2D eigenvalue weighted by atomic mass is 19.1. The van der Waals surface area contributed by atoms with Crippen LogP contribution in [0.4, 0.5) is 10.1 Å². The lowest BCUT2D eigenvalue weighted by Crippen LogP contribution is -2.19. The first-order valence-corrected chi connectivity index (χ1v) is 7.24. The first kappa shape index (κ1) is 16.1. The van der Waals surface area contributed by atoms with E-state index >= 15 is 0 Å². The number of nitrogens with zero attached hydrogens (tertiary/aromatic N) is 4. The minimum atomic E-state index is -0.661. The summed E-state index contributed by atoms with van der Waals surface area (Å²) in [6, 6.07) is 12.5. The van der Waals surface area contributed by atoms with Crippen molar-refractivity contribution in [3.8, 4) is 17.6 Å². The van der Waals surface area contributed by atoms with Crippen molar-refractivity contribution < 1.29 is 13.9 Å².